The lowest BCUT2D eigenvalue weighted by molar-refractivity contribution is 1.02. The molecule has 0 aliphatic rings. The van der Waals surface area contributed by atoms with Gasteiger partial charge in [0.05, 0.1) is 20.3 Å². The van der Waals surface area contributed by atoms with Gasteiger partial charge in [0.15, 0.2) is 0 Å². The molecular weight excluding hydrogens is 272 g/mol. The van der Waals surface area contributed by atoms with Crippen LogP contribution >= 0.6 is 31.9 Å². The SMILES string of the molecule is CCc1ncc(Br)c(N)c1Br. The number of aromatic nitrogens is 1. The molecule has 11 heavy (non-hydrogen) atoms. The van der Waals surface area contributed by atoms with Gasteiger partial charge in [-0.2, -0.15) is 0 Å². The Morgan fingerprint density at radius 1 is 1.55 bits per heavy atom. The predicted molar refractivity (Wildman–Crippen MR) is 53.4 cm³/mol. The molecule has 1 aromatic heterocycles. The number of halogens is 2. The molecule has 0 unspecified atom stereocenters. The maximum absolute atomic E-state index is 5.72. The minimum atomic E-state index is 0.719. The molecule has 0 amide bonds. The van der Waals surface area contributed by atoms with E-state index in [9.17, 15) is 0 Å². The summed E-state index contributed by atoms with van der Waals surface area (Å²) in [6.45, 7) is 2.04. The minimum absolute atomic E-state index is 0.719. The molecule has 2 nitrogen and oxygen atoms in total. The third-order valence-electron chi connectivity index (χ3n) is 1.42. The molecule has 0 saturated heterocycles. The lowest BCUT2D eigenvalue weighted by Gasteiger charge is -2.04. The molecule has 0 fully saturated rings. The molecule has 0 bridgehead atoms. The van der Waals surface area contributed by atoms with Gasteiger partial charge < -0.3 is 5.73 Å². The molecule has 1 heterocycles. The number of nitrogens with two attached hydrogens (primary N) is 1. The fraction of sp³-hybridized carbons (Fsp3) is 0.286. The zero-order valence-electron chi connectivity index (χ0n) is 6.06. The topological polar surface area (TPSA) is 38.9 Å². The molecule has 0 aliphatic carbocycles. The second kappa shape index (κ2) is 3.54. The van der Waals surface area contributed by atoms with Crippen molar-refractivity contribution in [2.75, 3.05) is 5.73 Å². The van der Waals surface area contributed by atoms with Crippen molar-refractivity contribution < 1.29 is 0 Å². The third kappa shape index (κ3) is 1.73. The standard InChI is InChI=1S/C7H8Br2N2/c1-2-5-6(9)7(10)4(8)3-11-5/h3H,2H2,1H3,(H2,10,11). The van der Waals surface area contributed by atoms with Crippen LogP contribution in [0, 0.1) is 0 Å². The monoisotopic (exact) mass is 278 g/mol. The first-order chi connectivity index (χ1) is 5.16. The maximum Gasteiger partial charge on any atom is 0.0637 e. The van der Waals surface area contributed by atoms with Gasteiger partial charge in [-0.1, -0.05) is 6.92 Å². The average Bonchev–Trinajstić information content (AvgIpc) is 2.01. The Morgan fingerprint density at radius 2 is 2.18 bits per heavy atom. The second-order valence-corrected chi connectivity index (χ2v) is 3.78. The van der Waals surface area contributed by atoms with E-state index in [4.69, 9.17) is 5.73 Å². The summed E-state index contributed by atoms with van der Waals surface area (Å²) < 4.78 is 1.73. The molecule has 0 saturated carbocycles. The van der Waals surface area contributed by atoms with Crippen molar-refractivity contribution in [3.05, 3.63) is 20.8 Å². The van der Waals surface area contributed by atoms with Crippen LogP contribution in [0.15, 0.2) is 15.1 Å². The maximum atomic E-state index is 5.72. The van der Waals surface area contributed by atoms with Crippen LogP contribution in [0.4, 0.5) is 5.69 Å². The zero-order chi connectivity index (χ0) is 8.43. The van der Waals surface area contributed by atoms with E-state index in [-0.39, 0.29) is 0 Å². The molecule has 0 aromatic carbocycles. The van der Waals surface area contributed by atoms with E-state index in [1.165, 1.54) is 0 Å². The van der Waals surface area contributed by atoms with Crippen molar-refractivity contribution >= 4 is 37.5 Å². The van der Waals surface area contributed by atoms with Crippen molar-refractivity contribution in [3.8, 4) is 0 Å². The molecule has 4 heteroatoms. The largest absolute Gasteiger partial charge is 0.397 e. The number of nitrogen functional groups attached to an aromatic ring is 1. The smallest absolute Gasteiger partial charge is 0.0637 e. The highest BCUT2D eigenvalue weighted by atomic mass is 79.9. The van der Waals surface area contributed by atoms with E-state index in [1.807, 2.05) is 6.92 Å². The summed E-state index contributed by atoms with van der Waals surface area (Å²) in [5.41, 5.74) is 7.44. The first-order valence-corrected chi connectivity index (χ1v) is 4.83. The van der Waals surface area contributed by atoms with Crippen LogP contribution in [0.3, 0.4) is 0 Å². The van der Waals surface area contributed by atoms with Crippen LogP contribution in [-0.2, 0) is 6.42 Å². The van der Waals surface area contributed by atoms with Crippen molar-refractivity contribution in [2.24, 2.45) is 0 Å². The number of hydrogen-bond donors (Lipinski definition) is 1. The first kappa shape index (κ1) is 9.00. The summed E-state index contributed by atoms with van der Waals surface area (Å²) in [6, 6.07) is 0. The van der Waals surface area contributed by atoms with Gasteiger partial charge in [0, 0.05) is 6.20 Å². The molecule has 0 aliphatic heterocycles. The molecule has 2 N–H and O–H groups in total. The summed E-state index contributed by atoms with van der Waals surface area (Å²) in [6.07, 6.45) is 2.61. The zero-order valence-corrected chi connectivity index (χ0v) is 9.24. The first-order valence-electron chi connectivity index (χ1n) is 3.25. The van der Waals surface area contributed by atoms with E-state index in [1.54, 1.807) is 6.20 Å². The van der Waals surface area contributed by atoms with Crippen LogP contribution in [0.25, 0.3) is 0 Å². The van der Waals surface area contributed by atoms with Crippen LogP contribution < -0.4 is 5.73 Å². The lowest BCUT2D eigenvalue weighted by Crippen LogP contribution is -1.95. The fourth-order valence-electron chi connectivity index (χ4n) is 0.768. The minimum Gasteiger partial charge on any atom is -0.397 e. The van der Waals surface area contributed by atoms with Crippen molar-refractivity contribution in [1.29, 1.82) is 0 Å². The van der Waals surface area contributed by atoms with Gasteiger partial charge in [-0.15, -0.1) is 0 Å². The summed E-state index contributed by atoms with van der Waals surface area (Å²) in [5, 5.41) is 0. The third-order valence-corrected chi connectivity index (χ3v) is 2.93. The highest BCUT2D eigenvalue weighted by Crippen LogP contribution is 2.29. The fourth-order valence-corrected chi connectivity index (χ4v) is 1.93. The highest BCUT2D eigenvalue weighted by molar-refractivity contribution is 9.11. The Balaban J connectivity index is 3.25. The van der Waals surface area contributed by atoms with Crippen LogP contribution in [0.1, 0.15) is 12.6 Å². The molecular formula is C7H8Br2N2. The summed E-state index contributed by atoms with van der Waals surface area (Å²) in [5.74, 6) is 0. The number of rotatable bonds is 1. The van der Waals surface area contributed by atoms with E-state index in [2.05, 4.69) is 36.8 Å². The Bertz CT molecular complexity index is 273. The Hall–Kier alpha value is -0.0900. The van der Waals surface area contributed by atoms with Crippen LogP contribution in [0.5, 0.6) is 0 Å². The molecule has 0 atom stereocenters. The highest BCUT2D eigenvalue weighted by Gasteiger charge is 2.05. The number of aryl methyl sites for hydroxylation is 1. The van der Waals surface area contributed by atoms with Gasteiger partial charge in [-0.25, -0.2) is 0 Å². The number of anilines is 1. The van der Waals surface area contributed by atoms with Crippen molar-refractivity contribution in [2.45, 2.75) is 13.3 Å². The van der Waals surface area contributed by atoms with Gasteiger partial charge in [-0.05, 0) is 38.3 Å². The van der Waals surface area contributed by atoms with Crippen LogP contribution in [0.2, 0.25) is 0 Å². The molecule has 0 spiro atoms. The van der Waals surface area contributed by atoms with E-state index in [0.717, 1.165) is 26.7 Å². The van der Waals surface area contributed by atoms with Crippen molar-refractivity contribution in [3.63, 3.8) is 0 Å². The quantitative estimate of drug-likeness (QED) is 0.859. The van der Waals surface area contributed by atoms with Gasteiger partial charge in [0.1, 0.15) is 0 Å². The van der Waals surface area contributed by atoms with Gasteiger partial charge in [0.25, 0.3) is 0 Å². The molecule has 60 valence electrons. The number of pyridine rings is 1. The average molecular weight is 280 g/mol. The lowest BCUT2D eigenvalue weighted by atomic mass is 10.3. The van der Waals surface area contributed by atoms with E-state index in [0.29, 0.717) is 0 Å². The Labute approximate surface area is 82.5 Å². The second-order valence-electron chi connectivity index (χ2n) is 2.13. The van der Waals surface area contributed by atoms with Crippen LogP contribution in [-0.4, -0.2) is 4.98 Å². The molecule has 0 radical (unpaired) electrons. The predicted octanol–water partition coefficient (Wildman–Crippen LogP) is 2.75. The number of hydrogen-bond acceptors (Lipinski definition) is 2. The van der Waals surface area contributed by atoms with E-state index < -0.39 is 0 Å². The normalized spacial score (nSPS) is 10.1. The summed E-state index contributed by atoms with van der Waals surface area (Å²) in [7, 11) is 0. The molecule has 1 aromatic rings. The summed E-state index contributed by atoms with van der Waals surface area (Å²) in [4.78, 5) is 4.18. The Morgan fingerprint density at radius 3 is 2.73 bits per heavy atom. The molecule has 1 rings (SSSR count). The van der Waals surface area contributed by atoms with Crippen molar-refractivity contribution in [1.82, 2.24) is 4.98 Å². The summed E-state index contributed by atoms with van der Waals surface area (Å²) >= 11 is 6.67. The van der Waals surface area contributed by atoms with E-state index >= 15 is 0 Å². The number of nitrogens with zero attached hydrogens (tertiary/aromatic N) is 1. The van der Waals surface area contributed by atoms with Gasteiger partial charge in [0.2, 0.25) is 0 Å². The van der Waals surface area contributed by atoms with Gasteiger partial charge >= 0.3 is 0 Å². The van der Waals surface area contributed by atoms with Gasteiger partial charge in [-0.3, -0.25) is 4.98 Å². The Kier molecular flexibility index (Phi) is 2.90.